The molecule has 1 saturated carbocycles. The average molecular weight is 330 g/mol. The third-order valence-electron chi connectivity index (χ3n) is 3.58. The highest BCUT2D eigenvalue weighted by Crippen LogP contribution is 2.40. The van der Waals surface area contributed by atoms with Crippen LogP contribution in [0.5, 0.6) is 0 Å². The third-order valence-corrected chi connectivity index (χ3v) is 3.58. The number of aromatic nitrogens is 2. The van der Waals surface area contributed by atoms with Crippen LogP contribution in [0.4, 0.5) is 18.0 Å². The molecule has 0 unspecified atom stereocenters. The molecule has 2 rings (SSSR count). The summed E-state index contributed by atoms with van der Waals surface area (Å²) in [5.41, 5.74) is -0.673. The first-order valence-electron chi connectivity index (χ1n) is 6.93. The summed E-state index contributed by atoms with van der Waals surface area (Å²) in [7, 11) is 1.49. The first-order chi connectivity index (χ1) is 10.8. The largest absolute Gasteiger partial charge is 0.445 e. The number of nitrogens with zero attached hydrogens (tertiary/aromatic N) is 4. The van der Waals surface area contributed by atoms with Gasteiger partial charge in [-0.05, 0) is 12.5 Å². The van der Waals surface area contributed by atoms with E-state index in [1.807, 2.05) is 0 Å². The minimum atomic E-state index is -4.46. The lowest BCUT2D eigenvalue weighted by molar-refractivity contribution is -0.147. The second-order valence-electron chi connectivity index (χ2n) is 5.21. The molecule has 1 heterocycles. The van der Waals surface area contributed by atoms with E-state index >= 15 is 0 Å². The lowest BCUT2D eigenvalue weighted by atomic mass is 9.89. The summed E-state index contributed by atoms with van der Waals surface area (Å²) in [6, 6.07) is -0.435. The van der Waals surface area contributed by atoms with Gasteiger partial charge in [0.05, 0.1) is 18.6 Å². The first kappa shape index (κ1) is 17.0. The van der Waals surface area contributed by atoms with Crippen molar-refractivity contribution in [3.63, 3.8) is 0 Å². The number of aryl methyl sites for hydroxylation is 1. The Morgan fingerprint density at radius 3 is 2.74 bits per heavy atom. The molecule has 1 aromatic heterocycles. The van der Waals surface area contributed by atoms with E-state index in [4.69, 9.17) is 4.74 Å². The number of carbonyl (C=O) groups excluding carboxylic acids is 1. The highest BCUT2D eigenvalue weighted by atomic mass is 19.4. The van der Waals surface area contributed by atoms with Crippen LogP contribution >= 0.6 is 0 Å². The Labute approximate surface area is 131 Å². The van der Waals surface area contributed by atoms with Crippen LogP contribution in [0.15, 0.2) is 24.0 Å². The Hall–Kier alpha value is -2.32. The van der Waals surface area contributed by atoms with Gasteiger partial charge in [-0.25, -0.2) is 9.69 Å². The molecule has 0 aromatic carbocycles. The van der Waals surface area contributed by atoms with Crippen molar-refractivity contribution >= 4 is 12.4 Å². The molecule has 1 amide bonds. The number of amides is 1. The van der Waals surface area contributed by atoms with Gasteiger partial charge in [-0.2, -0.15) is 18.3 Å². The van der Waals surface area contributed by atoms with Gasteiger partial charge in [0.25, 0.3) is 0 Å². The number of hydrogen-bond donors (Lipinski definition) is 0. The number of aliphatic imine (C=N–C) groups is 1. The van der Waals surface area contributed by atoms with Gasteiger partial charge in [0.15, 0.2) is 0 Å². The molecule has 23 heavy (non-hydrogen) atoms. The van der Waals surface area contributed by atoms with Crippen molar-refractivity contribution in [1.82, 2.24) is 14.7 Å². The van der Waals surface area contributed by atoms with Crippen molar-refractivity contribution in [3.05, 3.63) is 30.2 Å². The van der Waals surface area contributed by atoms with Crippen LogP contribution in [0.1, 0.15) is 30.1 Å². The lowest BCUT2D eigenvalue weighted by Gasteiger charge is -2.36. The second-order valence-corrected chi connectivity index (χ2v) is 5.21. The SMILES string of the molecule is C=CN(C=NC)C(=O)OC1CC(n2ncc(C)c2C(F)(F)F)C1. The molecule has 0 radical (unpaired) electrons. The number of hydrogen-bond acceptors (Lipinski definition) is 4. The van der Waals surface area contributed by atoms with E-state index in [0.717, 1.165) is 9.58 Å². The highest BCUT2D eigenvalue weighted by Gasteiger charge is 2.42. The summed E-state index contributed by atoms with van der Waals surface area (Å²) in [6.45, 7) is 4.82. The molecule has 0 N–H and O–H groups in total. The van der Waals surface area contributed by atoms with Gasteiger partial charge in [-0.3, -0.25) is 9.67 Å². The summed E-state index contributed by atoms with van der Waals surface area (Å²) in [4.78, 5) is 16.5. The maximum atomic E-state index is 13.0. The smallest absolute Gasteiger partial charge is 0.433 e. The van der Waals surface area contributed by atoms with Gasteiger partial charge in [0.2, 0.25) is 0 Å². The molecular formula is C14H17F3N4O2. The lowest BCUT2D eigenvalue weighted by Crippen LogP contribution is -2.39. The summed E-state index contributed by atoms with van der Waals surface area (Å²) < 4.78 is 45.2. The zero-order valence-electron chi connectivity index (χ0n) is 12.7. The van der Waals surface area contributed by atoms with Crippen LogP contribution in [0.2, 0.25) is 0 Å². The van der Waals surface area contributed by atoms with E-state index in [9.17, 15) is 18.0 Å². The average Bonchev–Trinajstić information content (AvgIpc) is 2.80. The maximum absolute atomic E-state index is 13.0. The van der Waals surface area contributed by atoms with E-state index < -0.39 is 30.1 Å². The Kier molecular flexibility index (Phi) is 4.76. The zero-order valence-corrected chi connectivity index (χ0v) is 12.7. The molecule has 0 aliphatic heterocycles. The summed E-state index contributed by atoms with van der Waals surface area (Å²) in [5, 5.41) is 3.81. The molecule has 1 aliphatic carbocycles. The van der Waals surface area contributed by atoms with Gasteiger partial charge in [-0.15, -0.1) is 0 Å². The quantitative estimate of drug-likeness (QED) is 0.629. The first-order valence-corrected chi connectivity index (χ1v) is 6.93. The van der Waals surface area contributed by atoms with Gasteiger partial charge in [0, 0.05) is 26.1 Å². The van der Waals surface area contributed by atoms with E-state index in [-0.39, 0.29) is 18.4 Å². The summed E-state index contributed by atoms with van der Waals surface area (Å²) >= 11 is 0. The molecular weight excluding hydrogens is 313 g/mol. The standard InChI is InChI=1S/C14H17F3N4O2/c1-4-20(8-18-3)13(22)23-11-5-10(6-11)21-12(14(15,16)17)9(2)7-19-21/h4,7-8,10-11H,1,5-6H2,2-3H3. The fourth-order valence-corrected chi connectivity index (χ4v) is 2.41. The van der Waals surface area contributed by atoms with Gasteiger partial charge in [-0.1, -0.05) is 6.58 Å². The fourth-order valence-electron chi connectivity index (χ4n) is 2.41. The number of carbonyl (C=O) groups is 1. The predicted molar refractivity (Wildman–Crippen MR) is 77.0 cm³/mol. The molecule has 1 aromatic rings. The number of alkyl halides is 3. The summed E-state index contributed by atoms with van der Waals surface area (Å²) in [6.07, 6.45) is -1.34. The maximum Gasteiger partial charge on any atom is 0.433 e. The Balaban J connectivity index is 1.98. The van der Waals surface area contributed by atoms with Crippen molar-refractivity contribution in [1.29, 1.82) is 0 Å². The number of ether oxygens (including phenoxy) is 1. The normalized spacial score (nSPS) is 21.1. The molecule has 1 fully saturated rings. The second kappa shape index (κ2) is 6.43. The van der Waals surface area contributed by atoms with E-state index in [0.29, 0.717) is 0 Å². The summed E-state index contributed by atoms with van der Waals surface area (Å²) in [5.74, 6) is 0. The van der Waals surface area contributed by atoms with Crippen molar-refractivity contribution < 1.29 is 22.7 Å². The monoisotopic (exact) mass is 330 g/mol. The molecule has 0 spiro atoms. The van der Waals surface area contributed by atoms with E-state index in [1.54, 1.807) is 0 Å². The third kappa shape index (κ3) is 3.54. The van der Waals surface area contributed by atoms with Crippen LogP contribution in [0.25, 0.3) is 0 Å². The van der Waals surface area contributed by atoms with Gasteiger partial charge in [0.1, 0.15) is 11.8 Å². The minimum absolute atomic E-state index is 0.0786. The molecule has 0 bridgehead atoms. The van der Waals surface area contributed by atoms with Crippen molar-refractivity contribution in [2.24, 2.45) is 4.99 Å². The molecule has 9 heteroatoms. The molecule has 1 aliphatic rings. The van der Waals surface area contributed by atoms with Crippen LogP contribution in [-0.2, 0) is 10.9 Å². The van der Waals surface area contributed by atoms with Crippen LogP contribution in [0.3, 0.4) is 0 Å². The van der Waals surface area contributed by atoms with Crippen LogP contribution in [0, 0.1) is 6.92 Å². The number of rotatable bonds is 4. The van der Waals surface area contributed by atoms with Crippen molar-refractivity contribution in [3.8, 4) is 0 Å². The Bertz CT molecular complexity index is 618. The van der Waals surface area contributed by atoms with Crippen LogP contribution < -0.4 is 0 Å². The molecule has 0 saturated heterocycles. The molecule has 6 nitrogen and oxygen atoms in total. The molecule has 0 atom stereocenters. The fraction of sp³-hybridized carbons (Fsp3) is 0.500. The topological polar surface area (TPSA) is 59.7 Å². The Morgan fingerprint density at radius 2 is 2.22 bits per heavy atom. The zero-order chi connectivity index (χ0) is 17.2. The highest BCUT2D eigenvalue weighted by molar-refractivity contribution is 5.83. The van der Waals surface area contributed by atoms with Crippen LogP contribution in [-0.4, -0.2) is 40.3 Å². The van der Waals surface area contributed by atoms with E-state index in [1.165, 1.54) is 32.7 Å². The predicted octanol–water partition coefficient (Wildman–Crippen LogP) is 3.15. The number of halogens is 3. The van der Waals surface area contributed by atoms with Gasteiger partial charge < -0.3 is 4.74 Å². The van der Waals surface area contributed by atoms with Crippen molar-refractivity contribution in [2.75, 3.05) is 7.05 Å². The van der Waals surface area contributed by atoms with Gasteiger partial charge >= 0.3 is 12.3 Å². The van der Waals surface area contributed by atoms with Crippen molar-refractivity contribution in [2.45, 2.75) is 38.1 Å². The molecule has 126 valence electrons. The van der Waals surface area contributed by atoms with E-state index in [2.05, 4.69) is 16.7 Å². The Morgan fingerprint density at radius 1 is 1.57 bits per heavy atom. The minimum Gasteiger partial charge on any atom is -0.445 e.